The standard InChI is InChI=1S/C31H38F3N5O4S/c1-6-43-28(40)23-21(36-26(27-35-11-13-44-27)37-24(23)19-8-7-9-20(32)18(19)3)15-38-16-31(33,34)25-22(38)14-17(2)39(25)12-10-30(4,5)29(41)42/h7-9,11,13,17,22,24-25H,6,10,12,14-16H2,1-5H3,(H,36,37)(H,41,42)/t17?,22-,24-,25+/m0/s1. The fourth-order valence-corrected chi connectivity index (χ4v) is 7.07. The number of carbonyl (C=O) groups is 2. The lowest BCUT2D eigenvalue weighted by Crippen LogP contribution is -2.48. The number of carbonyl (C=O) groups excluding carboxylic acids is 1. The number of carboxylic acid groups (broad SMARTS) is 1. The van der Waals surface area contributed by atoms with Gasteiger partial charge in [0.05, 0.1) is 30.2 Å². The number of aromatic nitrogens is 1. The van der Waals surface area contributed by atoms with Gasteiger partial charge in [0.2, 0.25) is 0 Å². The van der Waals surface area contributed by atoms with Gasteiger partial charge in [-0.3, -0.25) is 19.6 Å². The highest BCUT2D eigenvalue weighted by molar-refractivity contribution is 7.11. The van der Waals surface area contributed by atoms with Crippen LogP contribution < -0.4 is 5.32 Å². The van der Waals surface area contributed by atoms with E-state index < -0.39 is 53.8 Å². The molecule has 3 aliphatic heterocycles. The number of aliphatic carboxylic acids is 1. The molecule has 3 aliphatic rings. The van der Waals surface area contributed by atoms with E-state index in [1.807, 2.05) is 6.92 Å². The van der Waals surface area contributed by atoms with E-state index in [0.717, 1.165) is 0 Å². The molecular formula is C31H38F3N5O4S. The maximum Gasteiger partial charge on any atom is 0.338 e. The highest BCUT2D eigenvalue weighted by atomic mass is 32.1. The smallest absolute Gasteiger partial charge is 0.338 e. The van der Waals surface area contributed by atoms with Crippen LogP contribution in [0.3, 0.4) is 0 Å². The van der Waals surface area contributed by atoms with Gasteiger partial charge in [0, 0.05) is 42.4 Å². The summed E-state index contributed by atoms with van der Waals surface area (Å²) in [4.78, 5) is 37.8. The molecule has 13 heteroatoms. The number of carboxylic acids is 1. The molecular weight excluding hydrogens is 595 g/mol. The molecule has 2 saturated heterocycles. The van der Waals surface area contributed by atoms with Crippen LogP contribution >= 0.6 is 11.3 Å². The van der Waals surface area contributed by atoms with Crippen LogP contribution in [0.4, 0.5) is 13.2 Å². The summed E-state index contributed by atoms with van der Waals surface area (Å²) in [7, 11) is 0. The van der Waals surface area contributed by atoms with Crippen molar-refractivity contribution in [3.63, 3.8) is 0 Å². The molecule has 0 aliphatic carbocycles. The van der Waals surface area contributed by atoms with Crippen molar-refractivity contribution in [2.75, 3.05) is 26.2 Å². The number of likely N-dealkylation sites (tertiary alicyclic amines) is 2. The minimum Gasteiger partial charge on any atom is -0.481 e. The zero-order valence-electron chi connectivity index (χ0n) is 25.4. The van der Waals surface area contributed by atoms with Gasteiger partial charge in [0.25, 0.3) is 5.92 Å². The van der Waals surface area contributed by atoms with Crippen LogP contribution in [0.1, 0.15) is 62.7 Å². The Morgan fingerprint density at radius 1 is 1.30 bits per heavy atom. The molecule has 0 saturated carbocycles. The SMILES string of the molecule is CCOC(=O)C1=C(CN2CC(F)(F)[C@H]3[C@@H]2CC(C)N3CCC(C)(C)C(=O)O)NC(c2nccs2)=N[C@H]1c1cccc(F)c1C. The second kappa shape index (κ2) is 12.2. The summed E-state index contributed by atoms with van der Waals surface area (Å²) < 4.78 is 51.8. The molecule has 0 radical (unpaired) electrons. The maximum atomic E-state index is 15.8. The van der Waals surface area contributed by atoms with Crippen molar-refractivity contribution in [2.24, 2.45) is 10.4 Å². The summed E-state index contributed by atoms with van der Waals surface area (Å²) in [5.74, 6) is -4.80. The van der Waals surface area contributed by atoms with E-state index >= 15 is 8.78 Å². The molecule has 2 N–H and O–H groups in total. The van der Waals surface area contributed by atoms with E-state index in [1.165, 1.54) is 17.4 Å². The number of rotatable bonds is 10. The Kier molecular flexibility index (Phi) is 8.94. The lowest BCUT2D eigenvalue weighted by atomic mass is 9.89. The summed E-state index contributed by atoms with van der Waals surface area (Å²) in [6.45, 7) is 8.11. The average molecular weight is 634 g/mol. The van der Waals surface area contributed by atoms with Crippen LogP contribution in [0, 0.1) is 18.2 Å². The van der Waals surface area contributed by atoms with Crippen molar-refractivity contribution < 1.29 is 32.6 Å². The van der Waals surface area contributed by atoms with E-state index in [0.29, 0.717) is 34.1 Å². The number of ether oxygens (including phenoxy) is 1. The first-order chi connectivity index (χ1) is 20.7. The zero-order valence-corrected chi connectivity index (χ0v) is 26.3. The average Bonchev–Trinajstić information content (AvgIpc) is 3.66. The highest BCUT2D eigenvalue weighted by Crippen LogP contribution is 2.45. The first-order valence-corrected chi connectivity index (χ1v) is 15.6. The number of nitrogens with one attached hydrogen (secondary N) is 1. The first-order valence-electron chi connectivity index (χ1n) is 14.8. The van der Waals surface area contributed by atoms with Gasteiger partial charge in [-0.15, -0.1) is 11.3 Å². The largest absolute Gasteiger partial charge is 0.481 e. The van der Waals surface area contributed by atoms with Crippen LogP contribution in [0.5, 0.6) is 0 Å². The van der Waals surface area contributed by atoms with Crippen molar-refractivity contribution in [3.8, 4) is 0 Å². The molecule has 1 aromatic carbocycles. The third-order valence-corrected chi connectivity index (χ3v) is 9.76. The number of alkyl halides is 2. The fourth-order valence-electron chi connectivity index (χ4n) is 6.48. The first kappa shape index (κ1) is 32.1. The van der Waals surface area contributed by atoms with Crippen LogP contribution in [-0.2, 0) is 14.3 Å². The monoisotopic (exact) mass is 633 g/mol. The third kappa shape index (κ3) is 6.01. The second-order valence-corrected chi connectivity index (χ2v) is 13.2. The van der Waals surface area contributed by atoms with Gasteiger partial charge in [-0.1, -0.05) is 12.1 Å². The van der Waals surface area contributed by atoms with Crippen LogP contribution in [-0.4, -0.2) is 88.0 Å². The zero-order chi connectivity index (χ0) is 32.0. The number of benzene rings is 1. The molecule has 0 bridgehead atoms. The minimum absolute atomic E-state index is 0.0264. The van der Waals surface area contributed by atoms with Crippen LogP contribution in [0.25, 0.3) is 0 Å². The predicted octanol–water partition coefficient (Wildman–Crippen LogP) is 4.78. The Morgan fingerprint density at radius 2 is 2.05 bits per heavy atom. The molecule has 44 heavy (non-hydrogen) atoms. The Hall–Kier alpha value is -3.29. The molecule has 9 nitrogen and oxygen atoms in total. The number of aliphatic imine (C=N–C) groups is 1. The molecule has 238 valence electrons. The Balaban J connectivity index is 1.53. The van der Waals surface area contributed by atoms with Crippen molar-refractivity contribution in [3.05, 3.63) is 63.0 Å². The van der Waals surface area contributed by atoms with Gasteiger partial charge in [-0.05, 0) is 64.7 Å². The van der Waals surface area contributed by atoms with E-state index in [2.05, 4.69) is 10.3 Å². The summed E-state index contributed by atoms with van der Waals surface area (Å²) >= 11 is 1.32. The van der Waals surface area contributed by atoms with Gasteiger partial charge in [0.15, 0.2) is 10.8 Å². The number of esters is 1. The molecule has 1 unspecified atom stereocenters. The Morgan fingerprint density at radius 3 is 2.70 bits per heavy atom. The molecule has 4 atom stereocenters. The minimum atomic E-state index is -3.08. The predicted molar refractivity (Wildman–Crippen MR) is 160 cm³/mol. The summed E-state index contributed by atoms with van der Waals surface area (Å²) in [5, 5.41) is 15.1. The second-order valence-electron chi connectivity index (χ2n) is 12.3. The molecule has 1 aromatic heterocycles. The molecule has 0 spiro atoms. The van der Waals surface area contributed by atoms with Crippen LogP contribution in [0.15, 0.2) is 46.0 Å². The number of hydrogen-bond donors (Lipinski definition) is 2. The summed E-state index contributed by atoms with van der Waals surface area (Å²) in [6.07, 6.45) is 2.30. The lowest BCUT2D eigenvalue weighted by molar-refractivity contribution is -0.147. The quantitative estimate of drug-likeness (QED) is 0.360. The van der Waals surface area contributed by atoms with Crippen molar-refractivity contribution in [2.45, 2.75) is 77.6 Å². The topological polar surface area (TPSA) is 107 Å². The number of amidine groups is 1. The fraction of sp³-hybridized carbons (Fsp3) is 0.548. The molecule has 5 rings (SSSR count). The van der Waals surface area contributed by atoms with E-state index in [-0.39, 0.29) is 37.7 Å². The highest BCUT2D eigenvalue weighted by Gasteiger charge is 2.61. The molecule has 4 heterocycles. The van der Waals surface area contributed by atoms with E-state index in [9.17, 15) is 19.1 Å². The van der Waals surface area contributed by atoms with Gasteiger partial charge in [-0.25, -0.2) is 22.9 Å². The Labute approximate surface area is 258 Å². The number of halogens is 3. The van der Waals surface area contributed by atoms with Gasteiger partial charge >= 0.3 is 11.9 Å². The number of nitrogens with zero attached hydrogens (tertiary/aromatic N) is 4. The van der Waals surface area contributed by atoms with Crippen LogP contribution in [0.2, 0.25) is 0 Å². The molecule has 0 amide bonds. The normalized spacial score (nSPS) is 25.5. The third-order valence-electron chi connectivity index (χ3n) is 8.98. The summed E-state index contributed by atoms with van der Waals surface area (Å²) in [6, 6.07) is 1.78. The van der Waals surface area contributed by atoms with Gasteiger partial charge in [-0.2, -0.15) is 0 Å². The lowest BCUT2D eigenvalue weighted by Gasteiger charge is -2.33. The Bertz CT molecular complexity index is 1480. The van der Waals surface area contributed by atoms with E-state index in [4.69, 9.17) is 9.73 Å². The van der Waals surface area contributed by atoms with Crippen molar-refractivity contribution >= 4 is 29.1 Å². The number of hydrogen-bond acceptors (Lipinski definition) is 9. The number of fused-ring (bicyclic) bond motifs is 1. The maximum absolute atomic E-state index is 15.8. The van der Waals surface area contributed by atoms with E-state index in [1.54, 1.807) is 61.2 Å². The van der Waals surface area contributed by atoms with Gasteiger partial charge in [0.1, 0.15) is 11.9 Å². The van der Waals surface area contributed by atoms with Crippen molar-refractivity contribution in [1.29, 1.82) is 0 Å². The van der Waals surface area contributed by atoms with Gasteiger partial charge < -0.3 is 15.2 Å². The molecule has 2 fully saturated rings. The number of thiazole rings is 1. The van der Waals surface area contributed by atoms with Crippen molar-refractivity contribution in [1.82, 2.24) is 20.1 Å². The molecule has 2 aromatic rings. The summed E-state index contributed by atoms with van der Waals surface area (Å²) in [5.41, 5.74) is 0.227.